The minimum Gasteiger partial charge on any atom is -0.465 e. The van der Waals surface area contributed by atoms with Gasteiger partial charge >= 0.3 is 6.09 Å². The minimum absolute atomic E-state index is 0.0161. The number of halogens is 2. The van der Waals surface area contributed by atoms with Crippen molar-refractivity contribution in [3.05, 3.63) is 23.8 Å². The van der Waals surface area contributed by atoms with Gasteiger partial charge in [-0.25, -0.2) is 4.79 Å². The van der Waals surface area contributed by atoms with Gasteiger partial charge in [-0.05, 0) is 57.7 Å². The molecule has 0 spiro atoms. The van der Waals surface area contributed by atoms with Gasteiger partial charge in [0, 0.05) is 32.7 Å². The Morgan fingerprint density at radius 2 is 1.59 bits per heavy atom. The molecule has 1 aromatic rings. The molecular formula is C19H27I2N3O8. The van der Waals surface area contributed by atoms with Crippen molar-refractivity contribution in [1.29, 1.82) is 0 Å². The van der Waals surface area contributed by atoms with E-state index in [1.807, 2.05) is 22.6 Å². The van der Waals surface area contributed by atoms with E-state index in [-0.39, 0.29) is 45.6 Å². The zero-order chi connectivity index (χ0) is 24.7. The van der Waals surface area contributed by atoms with Crippen LogP contribution in [0.1, 0.15) is 33.2 Å². The second-order valence-electron chi connectivity index (χ2n) is 7.16. The number of carboxylic acid groups (broad SMARTS) is 1. The van der Waals surface area contributed by atoms with Crippen molar-refractivity contribution in [2.75, 3.05) is 38.7 Å². The summed E-state index contributed by atoms with van der Waals surface area (Å²) in [5, 5.41) is 52.8. The van der Waals surface area contributed by atoms with Crippen LogP contribution in [-0.2, 0) is 0 Å². The molecule has 0 aromatic heterocycles. The van der Waals surface area contributed by atoms with E-state index < -0.39 is 42.6 Å². The molecule has 3 unspecified atom stereocenters. The SMILES string of the molecule is CNC(=O)c1c(C)c(C(=O)N(CC(O)CO)CC(O)C(C)CO)c(I)c(NC(=O)O)c1I. The van der Waals surface area contributed by atoms with E-state index in [0.29, 0.717) is 3.57 Å². The van der Waals surface area contributed by atoms with Crippen molar-refractivity contribution in [2.45, 2.75) is 26.1 Å². The number of rotatable bonds is 10. The Kier molecular flexibility index (Phi) is 11.5. The molecule has 13 heteroatoms. The Balaban J connectivity index is 3.69. The number of aliphatic hydroxyl groups excluding tert-OH is 4. The third-order valence-electron chi connectivity index (χ3n) is 4.81. The van der Waals surface area contributed by atoms with E-state index in [4.69, 9.17) is 0 Å². The Morgan fingerprint density at radius 3 is 2.06 bits per heavy atom. The standard InChI is InChI=1S/C19H27I2N3O8/c1-8(6-25)11(28)5-24(4-10(27)7-26)18(30)13-9(2)12(17(29)22-3)14(20)16(15(13)21)23-19(31)32/h8,10-11,23,25-28H,4-7H2,1-3H3,(H,22,29)(H,31,32). The van der Waals surface area contributed by atoms with E-state index in [0.717, 1.165) is 4.90 Å². The van der Waals surface area contributed by atoms with Crippen LogP contribution in [0.3, 0.4) is 0 Å². The lowest BCUT2D eigenvalue weighted by Crippen LogP contribution is -2.45. The topological polar surface area (TPSA) is 180 Å². The van der Waals surface area contributed by atoms with Crippen LogP contribution >= 0.6 is 45.2 Å². The van der Waals surface area contributed by atoms with Crippen molar-refractivity contribution in [1.82, 2.24) is 10.2 Å². The molecule has 11 nitrogen and oxygen atoms in total. The van der Waals surface area contributed by atoms with E-state index in [2.05, 4.69) is 10.6 Å². The van der Waals surface area contributed by atoms with Crippen LogP contribution in [0, 0.1) is 20.0 Å². The lowest BCUT2D eigenvalue weighted by Gasteiger charge is -2.30. The molecular weight excluding hydrogens is 652 g/mol. The number of nitrogens with one attached hydrogen (secondary N) is 2. The van der Waals surface area contributed by atoms with Gasteiger partial charge in [-0.15, -0.1) is 0 Å². The van der Waals surface area contributed by atoms with Crippen LogP contribution < -0.4 is 10.6 Å². The highest BCUT2D eigenvalue weighted by Gasteiger charge is 2.31. The molecule has 0 fully saturated rings. The molecule has 0 aliphatic carbocycles. The summed E-state index contributed by atoms with van der Waals surface area (Å²) in [5.41, 5.74) is 0.459. The molecule has 0 aliphatic rings. The summed E-state index contributed by atoms with van der Waals surface area (Å²) in [7, 11) is 1.40. The summed E-state index contributed by atoms with van der Waals surface area (Å²) in [6, 6.07) is 0. The van der Waals surface area contributed by atoms with Gasteiger partial charge in [0.05, 0.1) is 42.8 Å². The summed E-state index contributed by atoms with van der Waals surface area (Å²) >= 11 is 3.62. The highest BCUT2D eigenvalue weighted by Crippen LogP contribution is 2.35. The zero-order valence-electron chi connectivity index (χ0n) is 17.7. The number of carbonyl (C=O) groups excluding carboxylic acids is 2. The fourth-order valence-electron chi connectivity index (χ4n) is 2.90. The molecule has 1 aromatic carbocycles. The Morgan fingerprint density at radius 1 is 1.03 bits per heavy atom. The van der Waals surface area contributed by atoms with Crippen LogP contribution in [0.15, 0.2) is 0 Å². The summed E-state index contributed by atoms with van der Waals surface area (Å²) in [5.74, 6) is -1.78. The number of hydrogen-bond donors (Lipinski definition) is 7. The molecule has 180 valence electrons. The van der Waals surface area contributed by atoms with Crippen molar-refractivity contribution in [2.24, 2.45) is 5.92 Å². The number of anilines is 1. The average Bonchev–Trinajstić information content (AvgIpc) is 2.74. The largest absolute Gasteiger partial charge is 0.465 e. The van der Waals surface area contributed by atoms with Gasteiger partial charge in [-0.3, -0.25) is 14.9 Å². The smallest absolute Gasteiger partial charge is 0.409 e. The maximum absolute atomic E-state index is 13.5. The number of hydrogen-bond acceptors (Lipinski definition) is 7. The van der Waals surface area contributed by atoms with E-state index >= 15 is 0 Å². The van der Waals surface area contributed by atoms with Crippen LogP contribution in [-0.4, -0.2) is 93.9 Å². The number of benzene rings is 1. The molecule has 0 saturated carbocycles. The minimum atomic E-state index is -1.38. The predicted molar refractivity (Wildman–Crippen MR) is 133 cm³/mol. The average molecular weight is 679 g/mol. The van der Waals surface area contributed by atoms with Crippen LogP contribution in [0.25, 0.3) is 0 Å². The van der Waals surface area contributed by atoms with E-state index in [9.17, 15) is 39.9 Å². The normalized spacial score (nSPS) is 13.8. The molecule has 1 rings (SSSR count). The number of amides is 3. The van der Waals surface area contributed by atoms with Crippen LogP contribution in [0.5, 0.6) is 0 Å². The molecule has 7 N–H and O–H groups in total. The van der Waals surface area contributed by atoms with Gasteiger partial charge in [-0.2, -0.15) is 0 Å². The summed E-state index contributed by atoms with van der Waals surface area (Å²) < 4.78 is 0.538. The van der Waals surface area contributed by atoms with Crippen molar-refractivity contribution in [3.8, 4) is 0 Å². The van der Waals surface area contributed by atoms with Crippen molar-refractivity contribution >= 4 is 68.8 Å². The lowest BCUT2D eigenvalue weighted by molar-refractivity contribution is 0.0148. The highest BCUT2D eigenvalue weighted by molar-refractivity contribution is 14.1. The second-order valence-corrected chi connectivity index (χ2v) is 9.32. The first kappa shape index (κ1) is 28.8. The van der Waals surface area contributed by atoms with Gasteiger partial charge in [0.25, 0.3) is 11.8 Å². The number of aliphatic hydroxyl groups is 4. The highest BCUT2D eigenvalue weighted by atomic mass is 127. The second kappa shape index (κ2) is 12.8. The van der Waals surface area contributed by atoms with Crippen molar-refractivity contribution < 1.29 is 39.9 Å². The zero-order valence-corrected chi connectivity index (χ0v) is 22.0. The van der Waals surface area contributed by atoms with Crippen molar-refractivity contribution in [3.63, 3.8) is 0 Å². The summed E-state index contributed by atoms with van der Waals surface area (Å²) in [6.07, 6.45) is -3.81. The van der Waals surface area contributed by atoms with Gasteiger partial charge in [-0.1, -0.05) is 6.92 Å². The quantitative estimate of drug-likeness (QED) is 0.174. The lowest BCUT2D eigenvalue weighted by atomic mass is 9.98. The molecule has 32 heavy (non-hydrogen) atoms. The summed E-state index contributed by atoms with van der Waals surface area (Å²) in [6.45, 7) is 1.56. The Labute approximate surface area is 212 Å². The summed E-state index contributed by atoms with van der Waals surface area (Å²) in [4.78, 5) is 38.5. The fourth-order valence-corrected chi connectivity index (χ4v) is 5.51. The monoisotopic (exact) mass is 679 g/mol. The molecule has 0 bridgehead atoms. The molecule has 0 radical (unpaired) electrons. The van der Waals surface area contributed by atoms with E-state index in [1.165, 1.54) is 7.05 Å². The fraction of sp³-hybridized carbons (Fsp3) is 0.526. The van der Waals surface area contributed by atoms with Gasteiger partial charge in [0.1, 0.15) is 0 Å². The van der Waals surface area contributed by atoms with E-state index in [1.54, 1.807) is 36.4 Å². The van der Waals surface area contributed by atoms with Crippen LogP contribution in [0.4, 0.5) is 10.5 Å². The number of nitrogens with zero attached hydrogens (tertiary/aromatic N) is 1. The first-order valence-corrected chi connectivity index (χ1v) is 11.7. The molecule has 3 amide bonds. The maximum atomic E-state index is 13.5. The predicted octanol–water partition coefficient (Wildman–Crippen LogP) is 0.438. The van der Waals surface area contributed by atoms with Gasteiger partial charge in [0.2, 0.25) is 0 Å². The molecule has 3 atom stereocenters. The third kappa shape index (κ3) is 6.86. The van der Waals surface area contributed by atoms with Gasteiger partial charge in [0.15, 0.2) is 0 Å². The van der Waals surface area contributed by atoms with Gasteiger partial charge < -0.3 is 35.7 Å². The maximum Gasteiger partial charge on any atom is 0.409 e. The first-order chi connectivity index (χ1) is 14.9. The Hall–Kier alpha value is -1.27. The molecule has 0 aliphatic heterocycles. The van der Waals surface area contributed by atoms with Crippen LogP contribution in [0.2, 0.25) is 0 Å². The molecule has 0 saturated heterocycles. The number of carbonyl (C=O) groups is 3. The third-order valence-corrected chi connectivity index (χ3v) is 6.97. The Bertz CT molecular complexity index is 868. The first-order valence-electron chi connectivity index (χ1n) is 9.51. The molecule has 0 heterocycles.